The van der Waals surface area contributed by atoms with Gasteiger partial charge in [-0.1, -0.05) is 0 Å². The molecule has 4 heterocycles. The predicted molar refractivity (Wildman–Crippen MR) is 87.5 cm³/mol. The average molecular weight is 405 g/mol. The summed E-state index contributed by atoms with van der Waals surface area (Å²) in [6.45, 7) is 0.839. The minimum atomic E-state index is -4.60. The number of carbonyl (C=O) groups excluding carboxylic acids is 1. The van der Waals surface area contributed by atoms with Gasteiger partial charge in [0.2, 0.25) is 11.7 Å². The quantitative estimate of drug-likeness (QED) is 0.755. The molecule has 0 aliphatic carbocycles. The fraction of sp³-hybridized carbons (Fsp3) is 0.706. The molecule has 1 amide bonds. The number of fused-ring (bicyclic) bond motifs is 1. The number of likely N-dealkylation sites (tertiary alicyclic amines) is 1. The summed E-state index contributed by atoms with van der Waals surface area (Å²) in [6, 6.07) is -0.606. The molecule has 0 saturated carbocycles. The van der Waals surface area contributed by atoms with Gasteiger partial charge in [0.15, 0.2) is 0 Å². The van der Waals surface area contributed by atoms with E-state index < -0.39 is 30.5 Å². The SMILES string of the molecule is O=C([C@@H]1C[C@H](N2CCc3cnc(C(F)(F)F)nc3C2)CN1)N1CCC(F)(F)C1. The number of hydrogen-bond donors (Lipinski definition) is 1. The molecule has 3 aliphatic heterocycles. The van der Waals surface area contributed by atoms with Crippen LogP contribution in [0.1, 0.15) is 29.9 Å². The standard InChI is InChI=1S/C17H20F5N5O/c18-16(19)2-4-27(9-16)14(28)12-5-11(7-23-12)26-3-1-10-6-24-15(17(20,21)22)25-13(10)8-26/h6,11-12,23H,1-5,7-9H2/t11-,12-/m0/s1. The van der Waals surface area contributed by atoms with Gasteiger partial charge < -0.3 is 10.2 Å². The molecule has 1 N–H and O–H groups in total. The number of nitrogens with zero attached hydrogens (tertiary/aromatic N) is 4. The molecule has 11 heteroatoms. The Kier molecular flexibility index (Phi) is 4.77. The Bertz CT molecular complexity index is 771. The number of aromatic nitrogens is 2. The van der Waals surface area contributed by atoms with Crippen LogP contribution in [0, 0.1) is 0 Å². The van der Waals surface area contributed by atoms with E-state index in [9.17, 15) is 26.7 Å². The summed E-state index contributed by atoms with van der Waals surface area (Å²) in [7, 11) is 0. The summed E-state index contributed by atoms with van der Waals surface area (Å²) < 4.78 is 65.3. The molecule has 1 aromatic heterocycles. The van der Waals surface area contributed by atoms with Crippen molar-refractivity contribution >= 4 is 5.91 Å². The predicted octanol–water partition coefficient (Wildman–Crippen LogP) is 1.45. The van der Waals surface area contributed by atoms with Gasteiger partial charge in [-0.3, -0.25) is 9.69 Å². The number of hydrogen-bond acceptors (Lipinski definition) is 5. The first kappa shape index (κ1) is 19.4. The summed E-state index contributed by atoms with van der Waals surface area (Å²) in [6.07, 6.45) is -2.72. The molecule has 4 rings (SSSR count). The van der Waals surface area contributed by atoms with Crippen molar-refractivity contribution in [2.24, 2.45) is 0 Å². The van der Waals surface area contributed by atoms with E-state index in [-0.39, 0.29) is 31.5 Å². The zero-order chi connectivity index (χ0) is 20.1. The molecule has 0 radical (unpaired) electrons. The molecule has 0 unspecified atom stereocenters. The van der Waals surface area contributed by atoms with E-state index in [1.165, 1.54) is 11.1 Å². The first-order chi connectivity index (χ1) is 13.1. The molecule has 2 fully saturated rings. The molecular weight excluding hydrogens is 385 g/mol. The number of alkyl halides is 5. The van der Waals surface area contributed by atoms with Gasteiger partial charge in [0.1, 0.15) is 0 Å². The lowest BCUT2D eigenvalue weighted by Gasteiger charge is -2.32. The van der Waals surface area contributed by atoms with Crippen LogP contribution in [0.2, 0.25) is 0 Å². The maximum atomic E-state index is 13.4. The summed E-state index contributed by atoms with van der Waals surface area (Å²) in [5, 5.41) is 3.08. The monoisotopic (exact) mass is 405 g/mol. The topological polar surface area (TPSA) is 61.4 Å². The van der Waals surface area contributed by atoms with Crippen molar-refractivity contribution < 1.29 is 26.7 Å². The largest absolute Gasteiger partial charge is 0.451 e. The lowest BCUT2D eigenvalue weighted by molar-refractivity contribution is -0.145. The third kappa shape index (κ3) is 3.82. The molecule has 2 atom stereocenters. The van der Waals surface area contributed by atoms with Crippen molar-refractivity contribution in [3.8, 4) is 0 Å². The Morgan fingerprint density at radius 2 is 2.07 bits per heavy atom. The van der Waals surface area contributed by atoms with Crippen molar-refractivity contribution in [2.75, 3.05) is 26.2 Å². The summed E-state index contributed by atoms with van der Waals surface area (Å²) in [5.41, 5.74) is 1.05. The molecule has 3 aliphatic rings. The number of rotatable bonds is 2. The van der Waals surface area contributed by atoms with E-state index in [0.717, 1.165) is 0 Å². The minimum absolute atomic E-state index is 0.0446. The van der Waals surface area contributed by atoms with Gasteiger partial charge in [-0.05, 0) is 18.4 Å². The molecule has 0 spiro atoms. The Hall–Kier alpha value is -1.88. The molecule has 1 aromatic rings. The smallest absolute Gasteiger partial charge is 0.335 e. The Morgan fingerprint density at radius 1 is 1.29 bits per heavy atom. The normalized spacial score (nSPS) is 27.8. The van der Waals surface area contributed by atoms with E-state index in [1.54, 1.807) is 0 Å². The van der Waals surface area contributed by atoms with Gasteiger partial charge >= 0.3 is 6.18 Å². The Morgan fingerprint density at radius 3 is 2.75 bits per heavy atom. The van der Waals surface area contributed by atoms with Crippen molar-refractivity contribution in [2.45, 2.75) is 50.0 Å². The van der Waals surface area contributed by atoms with Crippen LogP contribution in [0.5, 0.6) is 0 Å². The van der Waals surface area contributed by atoms with E-state index in [2.05, 4.69) is 15.3 Å². The van der Waals surface area contributed by atoms with Crippen LogP contribution in [0.15, 0.2) is 6.20 Å². The third-order valence-electron chi connectivity index (χ3n) is 5.63. The van der Waals surface area contributed by atoms with Crippen molar-refractivity contribution in [1.82, 2.24) is 25.1 Å². The van der Waals surface area contributed by atoms with E-state index in [0.29, 0.717) is 37.2 Å². The molecule has 0 aromatic carbocycles. The lowest BCUT2D eigenvalue weighted by Crippen LogP contribution is -2.43. The van der Waals surface area contributed by atoms with Crippen molar-refractivity contribution in [1.29, 1.82) is 0 Å². The lowest BCUT2D eigenvalue weighted by atomic mass is 10.0. The van der Waals surface area contributed by atoms with Crippen molar-refractivity contribution in [3.63, 3.8) is 0 Å². The van der Waals surface area contributed by atoms with E-state index >= 15 is 0 Å². The van der Waals surface area contributed by atoms with Crippen LogP contribution < -0.4 is 5.32 Å². The molecule has 6 nitrogen and oxygen atoms in total. The minimum Gasteiger partial charge on any atom is -0.335 e. The fourth-order valence-corrected chi connectivity index (χ4v) is 4.10. The second-order valence-corrected chi connectivity index (χ2v) is 7.60. The zero-order valence-electron chi connectivity index (χ0n) is 15.0. The highest BCUT2D eigenvalue weighted by atomic mass is 19.4. The maximum absolute atomic E-state index is 13.4. The van der Waals surface area contributed by atoms with Gasteiger partial charge in [0.05, 0.1) is 18.3 Å². The van der Waals surface area contributed by atoms with Crippen LogP contribution in [0.25, 0.3) is 0 Å². The Labute approximate surface area is 158 Å². The third-order valence-corrected chi connectivity index (χ3v) is 5.63. The van der Waals surface area contributed by atoms with Crippen LogP contribution >= 0.6 is 0 Å². The average Bonchev–Trinajstić information content (AvgIpc) is 3.26. The Balaban J connectivity index is 1.40. The summed E-state index contributed by atoms with van der Waals surface area (Å²) >= 11 is 0. The van der Waals surface area contributed by atoms with Crippen LogP contribution in [0.3, 0.4) is 0 Å². The van der Waals surface area contributed by atoms with Crippen LogP contribution in [-0.2, 0) is 23.9 Å². The molecule has 154 valence electrons. The summed E-state index contributed by atoms with van der Waals surface area (Å²) in [4.78, 5) is 22.7. The molecule has 28 heavy (non-hydrogen) atoms. The highest BCUT2D eigenvalue weighted by molar-refractivity contribution is 5.82. The second-order valence-electron chi connectivity index (χ2n) is 7.60. The van der Waals surface area contributed by atoms with Gasteiger partial charge in [-0.25, -0.2) is 18.7 Å². The zero-order valence-corrected chi connectivity index (χ0v) is 15.0. The fourth-order valence-electron chi connectivity index (χ4n) is 4.10. The van der Waals surface area contributed by atoms with Gasteiger partial charge in [0.25, 0.3) is 5.92 Å². The maximum Gasteiger partial charge on any atom is 0.451 e. The van der Waals surface area contributed by atoms with Gasteiger partial charge in [-0.15, -0.1) is 0 Å². The van der Waals surface area contributed by atoms with Crippen molar-refractivity contribution in [3.05, 3.63) is 23.3 Å². The van der Waals surface area contributed by atoms with E-state index in [4.69, 9.17) is 0 Å². The molecule has 0 bridgehead atoms. The first-order valence-electron chi connectivity index (χ1n) is 9.18. The highest BCUT2D eigenvalue weighted by Gasteiger charge is 2.44. The summed E-state index contributed by atoms with van der Waals surface area (Å²) in [5.74, 6) is -4.32. The number of nitrogens with one attached hydrogen (secondary N) is 1. The number of amides is 1. The second kappa shape index (κ2) is 6.87. The van der Waals surface area contributed by atoms with Crippen LogP contribution in [0.4, 0.5) is 22.0 Å². The van der Waals surface area contributed by atoms with E-state index in [1.807, 2.05) is 4.90 Å². The first-order valence-corrected chi connectivity index (χ1v) is 9.18. The van der Waals surface area contributed by atoms with Gasteiger partial charge in [0, 0.05) is 44.8 Å². The van der Waals surface area contributed by atoms with Crippen LogP contribution in [-0.4, -0.2) is 69.9 Å². The van der Waals surface area contributed by atoms with Gasteiger partial charge in [-0.2, -0.15) is 13.2 Å². The number of halogens is 5. The highest BCUT2D eigenvalue weighted by Crippen LogP contribution is 2.30. The molecule has 2 saturated heterocycles. The number of carbonyl (C=O) groups is 1. The molecular formula is C17H20F5N5O.